The van der Waals surface area contributed by atoms with E-state index in [1.807, 2.05) is 48.5 Å². The normalized spacial score (nSPS) is 14.4. The zero-order chi connectivity index (χ0) is 43.8. The quantitative estimate of drug-likeness (QED) is 0.0527. The molecule has 0 aromatic heterocycles. The number of benzene rings is 7. The van der Waals surface area contributed by atoms with Crippen LogP contribution in [0.25, 0.3) is 43.1 Å². The predicted molar refractivity (Wildman–Crippen MR) is 248 cm³/mol. The number of imide groups is 2. The number of carbonyl (C=O) groups is 4. The van der Waals surface area contributed by atoms with E-state index in [1.165, 1.54) is 9.80 Å². The highest BCUT2D eigenvalue weighted by Crippen LogP contribution is 2.53. The number of carbonyl (C=O) groups excluding carboxylic acids is 4. The molecule has 0 aliphatic carbocycles. The van der Waals surface area contributed by atoms with Crippen LogP contribution in [0.1, 0.15) is 146 Å². The lowest BCUT2D eigenvalue weighted by atomic mass is 9.81. The highest BCUT2D eigenvalue weighted by Gasteiger charge is 2.39. The van der Waals surface area contributed by atoms with E-state index in [0.29, 0.717) is 104 Å². The van der Waals surface area contributed by atoms with E-state index < -0.39 is 0 Å². The minimum Gasteiger partial charge on any atom is -0.457 e. The molecule has 0 N–H and O–H groups in total. The molecule has 8 nitrogen and oxygen atoms in total. The summed E-state index contributed by atoms with van der Waals surface area (Å²) in [4.78, 5) is 60.7. The van der Waals surface area contributed by atoms with Crippen molar-refractivity contribution in [3.63, 3.8) is 0 Å². The minimum atomic E-state index is -0.360. The van der Waals surface area contributed by atoms with Gasteiger partial charge in [0.25, 0.3) is 23.6 Å². The Labute approximate surface area is 363 Å². The van der Waals surface area contributed by atoms with Crippen molar-refractivity contribution in [2.24, 2.45) is 0 Å². The van der Waals surface area contributed by atoms with Crippen LogP contribution < -0.4 is 9.47 Å². The van der Waals surface area contributed by atoms with Crippen molar-refractivity contribution in [3.8, 4) is 23.0 Å². The smallest absolute Gasteiger partial charge is 0.261 e. The molecule has 62 heavy (non-hydrogen) atoms. The molecule has 0 unspecified atom stereocenters. The Morgan fingerprint density at radius 2 is 0.774 bits per heavy atom. The van der Waals surface area contributed by atoms with Crippen molar-refractivity contribution < 1.29 is 28.7 Å². The summed E-state index contributed by atoms with van der Waals surface area (Å²) >= 11 is 0. The van der Waals surface area contributed by atoms with Gasteiger partial charge < -0.3 is 9.47 Å². The first-order chi connectivity index (χ1) is 29.6. The van der Waals surface area contributed by atoms with Crippen LogP contribution in [0.15, 0.2) is 84.9 Å². The van der Waals surface area contributed by atoms with E-state index >= 15 is 0 Å². The Bertz CT molecular complexity index is 2760. The van der Waals surface area contributed by atoms with E-state index in [2.05, 4.69) is 79.7 Å². The summed E-state index contributed by atoms with van der Waals surface area (Å²) < 4.78 is 13.8. The Morgan fingerprint density at radius 3 is 1.11 bits per heavy atom. The van der Waals surface area contributed by atoms with Crippen molar-refractivity contribution in [2.45, 2.75) is 105 Å². The van der Waals surface area contributed by atoms with Crippen LogP contribution in [0, 0.1) is 0 Å². The number of unbranched alkanes of at least 4 members (excludes halogenated alkanes) is 4. The monoisotopic (exact) mass is 826 g/mol. The average Bonchev–Trinajstić information content (AvgIpc) is 3.24. The van der Waals surface area contributed by atoms with E-state index in [1.54, 1.807) is 12.1 Å². The number of nitrogens with zero attached hydrogens (tertiary/aromatic N) is 2. The first-order valence-corrected chi connectivity index (χ1v) is 22.2. The van der Waals surface area contributed by atoms with Crippen LogP contribution >= 0.6 is 0 Å². The van der Waals surface area contributed by atoms with Gasteiger partial charge in [0.05, 0.1) is 11.1 Å². The molecule has 316 valence electrons. The third-order valence-electron chi connectivity index (χ3n) is 12.8. The van der Waals surface area contributed by atoms with Crippen molar-refractivity contribution in [3.05, 3.63) is 118 Å². The topological polar surface area (TPSA) is 93.2 Å². The summed E-state index contributed by atoms with van der Waals surface area (Å²) in [5.41, 5.74) is 3.82. The van der Waals surface area contributed by atoms with Gasteiger partial charge in [0.1, 0.15) is 23.0 Å². The molecule has 0 radical (unpaired) electrons. The van der Waals surface area contributed by atoms with Gasteiger partial charge in [0.2, 0.25) is 0 Å². The summed E-state index contributed by atoms with van der Waals surface area (Å²) in [6.07, 6.45) is 5.10. The van der Waals surface area contributed by atoms with Crippen molar-refractivity contribution in [2.75, 3.05) is 13.1 Å². The molecule has 2 aliphatic heterocycles. The fourth-order valence-corrected chi connectivity index (χ4v) is 9.40. The molecule has 0 bridgehead atoms. The van der Waals surface area contributed by atoms with Crippen LogP contribution in [0.3, 0.4) is 0 Å². The maximum Gasteiger partial charge on any atom is 0.261 e. The largest absolute Gasteiger partial charge is 0.457 e. The lowest BCUT2D eigenvalue weighted by Crippen LogP contribution is -2.41. The van der Waals surface area contributed by atoms with Gasteiger partial charge in [-0.05, 0) is 94.1 Å². The van der Waals surface area contributed by atoms with Crippen LogP contribution in [0.4, 0.5) is 0 Å². The second-order valence-electron chi connectivity index (χ2n) is 19.1. The maximum absolute atomic E-state index is 14.6. The van der Waals surface area contributed by atoms with Gasteiger partial charge >= 0.3 is 0 Å². The lowest BCUT2D eigenvalue weighted by molar-refractivity contribution is 0.0592. The van der Waals surface area contributed by atoms with Gasteiger partial charge in [-0.25, -0.2) is 0 Å². The first kappa shape index (κ1) is 41.1. The Hall–Kier alpha value is -6.28. The SMILES string of the molecule is CCCCCN1C(=O)c2ccc3c4c(Oc5ccc(C(C)(C)C)cc5)cc5c6c(ccc(c7c(Oc8ccc(C(C)(C)C)cc8)cc(c2c37)C1=O)c64)C(=O)N(CCCCC)C5=O. The van der Waals surface area contributed by atoms with Gasteiger partial charge in [0.15, 0.2) is 0 Å². The molecule has 4 amide bonds. The van der Waals surface area contributed by atoms with Crippen LogP contribution in [-0.4, -0.2) is 46.5 Å². The van der Waals surface area contributed by atoms with Crippen molar-refractivity contribution >= 4 is 66.7 Å². The summed E-state index contributed by atoms with van der Waals surface area (Å²) in [6.45, 7) is 17.8. The van der Waals surface area contributed by atoms with E-state index in [9.17, 15) is 19.2 Å². The highest BCUT2D eigenvalue weighted by molar-refractivity contribution is 6.43. The molecular weight excluding hydrogens is 773 g/mol. The molecule has 0 fully saturated rings. The van der Waals surface area contributed by atoms with Crippen LogP contribution in [0.2, 0.25) is 0 Å². The van der Waals surface area contributed by atoms with Crippen molar-refractivity contribution in [1.29, 1.82) is 0 Å². The zero-order valence-corrected chi connectivity index (χ0v) is 37.1. The van der Waals surface area contributed by atoms with E-state index in [-0.39, 0.29) is 34.5 Å². The van der Waals surface area contributed by atoms with Gasteiger partial charge in [0, 0.05) is 56.5 Å². The number of hydrogen-bond donors (Lipinski definition) is 0. The standard InChI is InChI=1S/C54H54N2O6/c1-9-11-13-27-55-49(57)37-25-23-35-46-42(62-34-21-17-32(18-22-34)54(6,7)8)30-40-44-38(50(58)56(52(40)60)28-14-12-10-2)26-24-36(48(44)46)45-41(29-39(51(55)59)43(37)47(35)45)61-33-19-15-31(16-20-33)53(3,4)5/h15-26,29-30H,9-14,27-28H2,1-8H3. The zero-order valence-electron chi connectivity index (χ0n) is 37.1. The number of ether oxygens (including phenoxy) is 2. The second-order valence-corrected chi connectivity index (χ2v) is 19.1. The van der Waals surface area contributed by atoms with E-state index in [4.69, 9.17) is 9.47 Å². The van der Waals surface area contributed by atoms with Gasteiger partial charge in [-0.1, -0.05) is 117 Å². The maximum atomic E-state index is 14.6. The summed E-state index contributed by atoms with van der Waals surface area (Å²) in [5.74, 6) is 0.673. The molecule has 7 aromatic rings. The van der Waals surface area contributed by atoms with E-state index in [0.717, 1.165) is 47.6 Å². The molecule has 9 rings (SSSR count). The van der Waals surface area contributed by atoms with Gasteiger partial charge in [-0.15, -0.1) is 0 Å². The Balaban J connectivity index is 1.37. The summed E-state index contributed by atoms with van der Waals surface area (Å²) in [5, 5.41) is 5.30. The molecule has 0 spiro atoms. The third-order valence-corrected chi connectivity index (χ3v) is 12.8. The molecule has 0 saturated heterocycles. The average molecular weight is 827 g/mol. The third kappa shape index (κ3) is 6.66. The predicted octanol–water partition coefficient (Wildman–Crippen LogP) is 13.5. The molecular formula is C54H54N2O6. The second kappa shape index (κ2) is 15.3. The van der Waals surface area contributed by atoms with Gasteiger partial charge in [-0.3, -0.25) is 29.0 Å². The molecule has 2 heterocycles. The number of rotatable bonds is 12. The molecule has 7 aromatic carbocycles. The number of amides is 4. The molecule has 2 aliphatic rings. The van der Waals surface area contributed by atoms with Crippen molar-refractivity contribution in [1.82, 2.24) is 9.80 Å². The molecule has 0 saturated carbocycles. The number of fused-ring (bicyclic) bond motifs is 2. The van der Waals surface area contributed by atoms with Gasteiger partial charge in [-0.2, -0.15) is 0 Å². The Kier molecular flexibility index (Phi) is 10.1. The lowest BCUT2D eigenvalue weighted by Gasteiger charge is -2.31. The van der Waals surface area contributed by atoms with Crippen LogP contribution in [-0.2, 0) is 10.8 Å². The minimum absolute atomic E-state index is 0.0717. The molecule has 0 atom stereocenters. The summed E-state index contributed by atoms with van der Waals surface area (Å²) in [7, 11) is 0. The van der Waals surface area contributed by atoms with Crippen LogP contribution in [0.5, 0.6) is 23.0 Å². The number of hydrogen-bond acceptors (Lipinski definition) is 6. The first-order valence-electron chi connectivity index (χ1n) is 22.2. The highest BCUT2D eigenvalue weighted by atomic mass is 16.5. The fourth-order valence-electron chi connectivity index (χ4n) is 9.40. The summed E-state index contributed by atoms with van der Waals surface area (Å²) in [6, 6.07) is 27.0. The Morgan fingerprint density at radius 1 is 0.419 bits per heavy atom. The molecule has 8 heteroatoms. The fraction of sp³-hybridized carbons (Fsp3) is 0.333.